The molecule has 0 heterocycles. The van der Waals surface area contributed by atoms with Crippen LogP contribution in [0, 0.1) is 5.92 Å². The highest BCUT2D eigenvalue weighted by Gasteiger charge is 2.37. The Morgan fingerprint density at radius 1 is 1.03 bits per heavy atom. The van der Waals surface area contributed by atoms with Crippen LogP contribution in [0.3, 0.4) is 0 Å². The Morgan fingerprint density at radius 3 is 2.19 bits per heavy atom. The van der Waals surface area contributed by atoms with Crippen LogP contribution in [-0.2, 0) is 19.1 Å². The van der Waals surface area contributed by atoms with Crippen molar-refractivity contribution < 1.29 is 29.0 Å². The Hall–Kier alpha value is -3.39. The van der Waals surface area contributed by atoms with Gasteiger partial charge in [0.15, 0.2) is 0 Å². The molecule has 4 rings (SSSR count). The van der Waals surface area contributed by atoms with Crippen molar-refractivity contribution >= 4 is 18.0 Å². The van der Waals surface area contributed by atoms with Crippen molar-refractivity contribution in [3.63, 3.8) is 0 Å². The van der Waals surface area contributed by atoms with Crippen LogP contribution in [0.25, 0.3) is 11.1 Å². The lowest BCUT2D eigenvalue weighted by molar-refractivity contribution is -0.146. The highest BCUT2D eigenvalue weighted by atomic mass is 16.5. The number of aliphatic carboxylic acids is 1. The van der Waals surface area contributed by atoms with Gasteiger partial charge in [0, 0.05) is 19.1 Å². The van der Waals surface area contributed by atoms with Crippen molar-refractivity contribution in [2.45, 2.75) is 30.8 Å². The molecule has 2 amide bonds. The maximum atomic E-state index is 12.5. The Labute approximate surface area is 185 Å². The van der Waals surface area contributed by atoms with Crippen LogP contribution in [0.5, 0.6) is 0 Å². The maximum Gasteiger partial charge on any atom is 0.407 e. The van der Waals surface area contributed by atoms with E-state index in [1.54, 1.807) is 0 Å². The fourth-order valence-corrected chi connectivity index (χ4v) is 4.37. The zero-order valence-corrected chi connectivity index (χ0v) is 17.7. The van der Waals surface area contributed by atoms with Crippen molar-refractivity contribution in [1.29, 1.82) is 0 Å². The summed E-state index contributed by atoms with van der Waals surface area (Å²) in [5.41, 5.74) is 4.47. The lowest BCUT2D eigenvalue weighted by Gasteiger charge is -2.33. The molecular weight excluding hydrogens is 412 g/mol. The molecule has 3 N–H and O–H groups in total. The van der Waals surface area contributed by atoms with Gasteiger partial charge in [0.25, 0.3) is 0 Å². The zero-order chi connectivity index (χ0) is 22.7. The third-order valence-corrected chi connectivity index (χ3v) is 6.12. The summed E-state index contributed by atoms with van der Waals surface area (Å²) in [7, 11) is 1.43. The smallest absolute Gasteiger partial charge is 0.407 e. The fourth-order valence-electron chi connectivity index (χ4n) is 4.37. The first-order chi connectivity index (χ1) is 15.5. The number of carbonyl (C=O) groups is 3. The molecule has 0 saturated heterocycles. The lowest BCUT2D eigenvalue weighted by Crippen LogP contribution is -2.55. The van der Waals surface area contributed by atoms with Crippen molar-refractivity contribution in [1.82, 2.24) is 10.6 Å². The molecule has 0 aromatic heterocycles. The maximum absolute atomic E-state index is 12.5. The van der Waals surface area contributed by atoms with Gasteiger partial charge < -0.3 is 25.2 Å². The van der Waals surface area contributed by atoms with Gasteiger partial charge >= 0.3 is 12.1 Å². The number of rotatable bonds is 8. The SMILES string of the molecule is COCC(NC(=O)OCC1c2ccccc2-c2ccccc21)C(=O)NC1CC(C(=O)O)C1. The van der Waals surface area contributed by atoms with Gasteiger partial charge in [0.05, 0.1) is 12.5 Å². The van der Waals surface area contributed by atoms with E-state index in [4.69, 9.17) is 14.6 Å². The number of carboxylic acid groups (broad SMARTS) is 1. The summed E-state index contributed by atoms with van der Waals surface area (Å²) in [4.78, 5) is 35.9. The number of hydrogen-bond acceptors (Lipinski definition) is 5. The number of benzene rings is 2. The largest absolute Gasteiger partial charge is 0.481 e. The highest BCUT2D eigenvalue weighted by molar-refractivity contribution is 5.86. The van der Waals surface area contributed by atoms with E-state index in [0.717, 1.165) is 22.3 Å². The van der Waals surface area contributed by atoms with E-state index in [2.05, 4.69) is 22.8 Å². The number of carbonyl (C=O) groups excluding carboxylic acids is 2. The summed E-state index contributed by atoms with van der Waals surface area (Å²) >= 11 is 0. The molecule has 8 nitrogen and oxygen atoms in total. The lowest BCUT2D eigenvalue weighted by atomic mass is 9.80. The van der Waals surface area contributed by atoms with Crippen molar-refractivity contribution in [3.8, 4) is 11.1 Å². The molecule has 1 unspecified atom stereocenters. The predicted octanol–water partition coefficient (Wildman–Crippen LogP) is 2.52. The number of ether oxygens (including phenoxy) is 2. The molecular formula is C24H26N2O6. The van der Waals surface area contributed by atoms with Crippen molar-refractivity contribution in [2.24, 2.45) is 5.92 Å². The highest BCUT2D eigenvalue weighted by Crippen LogP contribution is 2.44. The van der Waals surface area contributed by atoms with Crippen LogP contribution >= 0.6 is 0 Å². The Morgan fingerprint density at radius 2 is 1.62 bits per heavy atom. The van der Waals surface area contributed by atoms with Gasteiger partial charge in [-0.05, 0) is 35.1 Å². The summed E-state index contributed by atoms with van der Waals surface area (Å²) in [6.45, 7) is 0.120. The minimum atomic E-state index is -0.931. The second-order valence-electron chi connectivity index (χ2n) is 8.19. The molecule has 1 saturated carbocycles. The third-order valence-electron chi connectivity index (χ3n) is 6.12. The van der Waals surface area contributed by atoms with E-state index in [9.17, 15) is 14.4 Å². The first kappa shape index (κ1) is 21.8. The predicted molar refractivity (Wildman–Crippen MR) is 116 cm³/mol. The summed E-state index contributed by atoms with van der Waals surface area (Å²) in [6, 6.07) is 14.9. The molecule has 2 aromatic rings. The van der Waals surface area contributed by atoms with E-state index in [1.807, 2.05) is 36.4 Å². The van der Waals surface area contributed by atoms with Crippen LogP contribution < -0.4 is 10.6 Å². The first-order valence-corrected chi connectivity index (χ1v) is 10.6. The number of fused-ring (bicyclic) bond motifs is 3. The molecule has 168 valence electrons. The van der Waals surface area contributed by atoms with Gasteiger partial charge in [0.1, 0.15) is 12.6 Å². The van der Waals surface area contributed by atoms with Crippen molar-refractivity contribution in [3.05, 3.63) is 59.7 Å². The Kier molecular flexibility index (Phi) is 6.41. The summed E-state index contributed by atoms with van der Waals surface area (Å²) in [6.07, 6.45) is 0.0540. The standard InChI is InChI=1S/C24H26N2O6/c1-31-13-21(22(27)25-15-10-14(11-15)23(28)29)26-24(30)32-12-20-18-8-4-2-6-16(18)17-7-3-5-9-19(17)20/h2-9,14-15,20-21H,10-13H2,1H3,(H,25,27)(H,26,30)(H,28,29). The van der Waals surface area contributed by atoms with Gasteiger partial charge in [-0.2, -0.15) is 0 Å². The monoisotopic (exact) mass is 438 g/mol. The summed E-state index contributed by atoms with van der Waals surface area (Å²) in [5, 5.41) is 14.3. The summed E-state index contributed by atoms with van der Waals surface area (Å²) in [5.74, 6) is -1.79. The Balaban J connectivity index is 1.34. The number of methoxy groups -OCH3 is 1. The topological polar surface area (TPSA) is 114 Å². The number of alkyl carbamates (subject to hydrolysis) is 1. The molecule has 2 aliphatic carbocycles. The zero-order valence-electron chi connectivity index (χ0n) is 17.7. The van der Waals surface area contributed by atoms with E-state index in [1.165, 1.54) is 7.11 Å². The van der Waals surface area contributed by atoms with Crippen LogP contribution in [0.4, 0.5) is 4.79 Å². The average molecular weight is 438 g/mol. The molecule has 32 heavy (non-hydrogen) atoms. The van der Waals surface area contributed by atoms with Crippen molar-refractivity contribution in [2.75, 3.05) is 20.3 Å². The molecule has 1 fully saturated rings. The number of amides is 2. The quantitative estimate of drug-likeness (QED) is 0.584. The van der Waals surface area contributed by atoms with Crippen LogP contribution in [0.2, 0.25) is 0 Å². The molecule has 0 aliphatic heterocycles. The fraction of sp³-hybridized carbons (Fsp3) is 0.375. The molecule has 2 aliphatic rings. The Bertz CT molecular complexity index is 972. The van der Waals surface area contributed by atoms with Gasteiger partial charge in [-0.1, -0.05) is 48.5 Å². The molecule has 0 bridgehead atoms. The average Bonchev–Trinajstić information content (AvgIpc) is 3.07. The number of hydrogen-bond donors (Lipinski definition) is 3. The molecule has 2 aromatic carbocycles. The first-order valence-electron chi connectivity index (χ1n) is 10.6. The minimum absolute atomic E-state index is 0.0227. The molecule has 8 heteroatoms. The van der Waals surface area contributed by atoms with Gasteiger partial charge in [-0.15, -0.1) is 0 Å². The van der Waals surface area contributed by atoms with E-state index in [-0.39, 0.29) is 25.2 Å². The summed E-state index contributed by atoms with van der Waals surface area (Å²) < 4.78 is 10.6. The van der Waals surface area contributed by atoms with E-state index >= 15 is 0 Å². The minimum Gasteiger partial charge on any atom is -0.481 e. The second kappa shape index (κ2) is 9.40. The number of nitrogens with one attached hydrogen (secondary N) is 2. The van der Waals surface area contributed by atoms with Gasteiger partial charge in [0.2, 0.25) is 5.91 Å². The third kappa shape index (κ3) is 4.45. The van der Waals surface area contributed by atoms with Gasteiger partial charge in [-0.25, -0.2) is 4.79 Å². The van der Waals surface area contributed by atoms with Crippen LogP contribution in [0.15, 0.2) is 48.5 Å². The molecule has 0 radical (unpaired) electrons. The van der Waals surface area contributed by atoms with E-state index in [0.29, 0.717) is 12.8 Å². The molecule has 0 spiro atoms. The normalized spacial score (nSPS) is 19.8. The van der Waals surface area contributed by atoms with Crippen LogP contribution in [0.1, 0.15) is 29.9 Å². The number of carboxylic acids is 1. The van der Waals surface area contributed by atoms with E-state index < -0.39 is 29.9 Å². The molecule has 1 atom stereocenters. The van der Waals surface area contributed by atoms with Crippen LogP contribution in [-0.4, -0.2) is 55.5 Å². The second-order valence-corrected chi connectivity index (χ2v) is 8.19. The van der Waals surface area contributed by atoms with Gasteiger partial charge in [-0.3, -0.25) is 9.59 Å².